The Balaban J connectivity index is 2.13. The molecule has 3 heterocycles. The number of rotatable bonds is 8. The van der Waals surface area contributed by atoms with Gasteiger partial charge in [0.2, 0.25) is 0 Å². The number of methoxy groups -OCH3 is 1. The van der Waals surface area contributed by atoms with E-state index in [2.05, 4.69) is 11.0 Å². The van der Waals surface area contributed by atoms with Gasteiger partial charge in [0.25, 0.3) is 11.5 Å². The maximum absolute atomic E-state index is 13.2. The third-order valence-corrected chi connectivity index (χ3v) is 7.21. The quantitative estimate of drug-likeness (QED) is 0.323. The summed E-state index contributed by atoms with van der Waals surface area (Å²) < 4.78 is 7.34. The van der Waals surface area contributed by atoms with Crippen LogP contribution in [0.25, 0.3) is 6.08 Å². The van der Waals surface area contributed by atoms with Crippen LogP contribution in [-0.2, 0) is 16.1 Å². The van der Waals surface area contributed by atoms with E-state index in [1.54, 1.807) is 23.5 Å². The number of pyridine rings is 1. The Hall–Kier alpha value is -2.15. The molecule has 0 N–H and O–H groups in total. The van der Waals surface area contributed by atoms with Gasteiger partial charge in [-0.2, -0.15) is 5.26 Å². The zero-order chi connectivity index (χ0) is 23.3. The first-order chi connectivity index (χ1) is 15.4. The van der Waals surface area contributed by atoms with Gasteiger partial charge in [-0.3, -0.25) is 19.1 Å². The number of nitrogens with zero attached hydrogens (tertiary/aromatic N) is 4. The fourth-order valence-corrected chi connectivity index (χ4v) is 5.50. The van der Waals surface area contributed by atoms with Gasteiger partial charge in [-0.25, -0.2) is 0 Å². The van der Waals surface area contributed by atoms with Crippen molar-refractivity contribution >= 4 is 46.1 Å². The predicted molar refractivity (Wildman–Crippen MR) is 133 cm³/mol. The number of carbonyl (C=O) groups excluding carboxylic acids is 1. The number of thiocarbonyl (C=S) groups is 1. The molecule has 9 heteroatoms. The van der Waals surface area contributed by atoms with Crippen LogP contribution in [0.1, 0.15) is 55.7 Å². The Morgan fingerprint density at radius 3 is 2.56 bits per heavy atom. The molecule has 0 bridgehead atoms. The summed E-state index contributed by atoms with van der Waals surface area (Å²) in [5, 5.41) is 9.72. The summed E-state index contributed by atoms with van der Waals surface area (Å²) in [5.74, 6) is 0.685. The van der Waals surface area contributed by atoms with Gasteiger partial charge in [-0.15, -0.1) is 0 Å². The first-order valence-corrected chi connectivity index (χ1v) is 12.3. The molecule has 0 aromatic carbocycles. The molecule has 0 saturated carbocycles. The highest BCUT2D eigenvalue weighted by molar-refractivity contribution is 8.26. The smallest absolute Gasteiger partial charge is 0.270 e. The second kappa shape index (κ2) is 11.1. The van der Waals surface area contributed by atoms with Gasteiger partial charge in [0.15, 0.2) is 0 Å². The van der Waals surface area contributed by atoms with E-state index in [9.17, 15) is 14.9 Å². The van der Waals surface area contributed by atoms with E-state index < -0.39 is 0 Å². The lowest BCUT2D eigenvalue weighted by Gasteiger charge is -2.33. The van der Waals surface area contributed by atoms with E-state index in [4.69, 9.17) is 17.0 Å². The standard InChI is InChI=1S/C23H30N4O3S2/c1-4-9-26-20(25-10-6-5-7-11-25)17(16(2)18(15-24)21(26)28)14-19-22(29)27(23(31)32-19)12-8-13-30-3/h14H,4-13H2,1-3H3. The van der Waals surface area contributed by atoms with Crippen molar-refractivity contribution in [1.29, 1.82) is 5.26 Å². The van der Waals surface area contributed by atoms with Gasteiger partial charge in [0.1, 0.15) is 21.8 Å². The summed E-state index contributed by atoms with van der Waals surface area (Å²) in [5.41, 5.74) is 1.28. The monoisotopic (exact) mass is 474 g/mol. The number of ether oxygens (including phenoxy) is 1. The van der Waals surface area contributed by atoms with E-state index >= 15 is 0 Å². The van der Waals surface area contributed by atoms with Crippen LogP contribution in [0, 0.1) is 18.3 Å². The van der Waals surface area contributed by atoms with Gasteiger partial charge in [0.05, 0.1) is 4.91 Å². The number of hydrogen-bond donors (Lipinski definition) is 0. The van der Waals surface area contributed by atoms with Crippen molar-refractivity contribution in [2.75, 3.05) is 38.3 Å². The minimum atomic E-state index is -0.253. The molecule has 172 valence electrons. The van der Waals surface area contributed by atoms with Gasteiger partial charge in [-0.1, -0.05) is 30.9 Å². The van der Waals surface area contributed by atoms with Gasteiger partial charge >= 0.3 is 0 Å². The van der Waals surface area contributed by atoms with Crippen LogP contribution >= 0.6 is 24.0 Å². The lowest BCUT2D eigenvalue weighted by Crippen LogP contribution is -2.37. The first-order valence-electron chi connectivity index (χ1n) is 11.1. The van der Waals surface area contributed by atoms with Crippen molar-refractivity contribution in [3.63, 3.8) is 0 Å². The number of piperidine rings is 1. The summed E-state index contributed by atoms with van der Waals surface area (Å²) in [7, 11) is 1.63. The molecule has 0 unspecified atom stereocenters. The molecular weight excluding hydrogens is 444 g/mol. The fourth-order valence-electron chi connectivity index (χ4n) is 4.21. The molecule has 0 radical (unpaired) electrons. The van der Waals surface area contributed by atoms with Gasteiger partial charge < -0.3 is 9.64 Å². The average Bonchev–Trinajstić information content (AvgIpc) is 3.05. The molecule has 2 saturated heterocycles. The molecule has 2 aliphatic rings. The van der Waals surface area contributed by atoms with E-state index in [1.807, 2.05) is 13.0 Å². The normalized spacial score (nSPS) is 18.0. The third-order valence-electron chi connectivity index (χ3n) is 5.83. The van der Waals surface area contributed by atoms with Crippen LogP contribution in [0.4, 0.5) is 5.82 Å². The van der Waals surface area contributed by atoms with Crippen LogP contribution < -0.4 is 10.5 Å². The van der Waals surface area contributed by atoms with Crippen LogP contribution in [0.3, 0.4) is 0 Å². The zero-order valence-corrected chi connectivity index (χ0v) is 20.6. The molecule has 3 rings (SSSR count). The van der Waals surface area contributed by atoms with Crippen molar-refractivity contribution in [2.45, 2.75) is 52.5 Å². The molecule has 2 aliphatic heterocycles. The minimum Gasteiger partial charge on any atom is -0.385 e. The zero-order valence-electron chi connectivity index (χ0n) is 19.0. The average molecular weight is 475 g/mol. The van der Waals surface area contributed by atoms with Crippen LogP contribution in [0.2, 0.25) is 0 Å². The van der Waals surface area contributed by atoms with E-state index in [1.165, 1.54) is 18.2 Å². The minimum absolute atomic E-state index is 0.133. The molecule has 0 spiro atoms. The second-order valence-corrected chi connectivity index (χ2v) is 9.71. The largest absolute Gasteiger partial charge is 0.385 e. The maximum atomic E-state index is 13.2. The Morgan fingerprint density at radius 1 is 1.22 bits per heavy atom. The Morgan fingerprint density at radius 2 is 1.94 bits per heavy atom. The van der Waals surface area contributed by atoms with Crippen LogP contribution in [0.5, 0.6) is 0 Å². The molecule has 7 nitrogen and oxygen atoms in total. The highest BCUT2D eigenvalue weighted by atomic mass is 32.2. The number of nitriles is 1. The number of amides is 1. The fraction of sp³-hybridized carbons (Fsp3) is 0.565. The van der Waals surface area contributed by atoms with Gasteiger partial charge in [0, 0.05) is 45.5 Å². The highest BCUT2D eigenvalue weighted by Gasteiger charge is 2.33. The number of aromatic nitrogens is 1. The predicted octanol–water partition coefficient (Wildman–Crippen LogP) is 3.67. The van der Waals surface area contributed by atoms with E-state index in [-0.39, 0.29) is 17.0 Å². The van der Waals surface area contributed by atoms with Crippen molar-refractivity contribution in [1.82, 2.24) is 9.47 Å². The molecule has 1 aromatic heterocycles. The van der Waals surface area contributed by atoms with Crippen LogP contribution in [0.15, 0.2) is 9.70 Å². The molecule has 2 fully saturated rings. The number of carbonyl (C=O) groups is 1. The van der Waals surface area contributed by atoms with E-state index in [0.29, 0.717) is 40.9 Å². The Kier molecular flexibility index (Phi) is 8.51. The number of anilines is 1. The third kappa shape index (κ3) is 4.92. The SMILES string of the molecule is CCCn1c(N2CCCCC2)c(C=C2SC(=S)N(CCCOC)C2=O)c(C)c(C#N)c1=O. The van der Waals surface area contributed by atoms with Crippen molar-refractivity contribution < 1.29 is 9.53 Å². The summed E-state index contributed by atoms with van der Waals surface area (Å²) in [6.45, 7) is 7.12. The van der Waals surface area contributed by atoms with Gasteiger partial charge in [-0.05, 0) is 50.7 Å². The molecule has 1 amide bonds. The number of thioether (sulfide) groups is 1. The summed E-state index contributed by atoms with van der Waals surface area (Å²) in [4.78, 5) is 30.6. The molecule has 1 aromatic rings. The Labute approximate surface area is 199 Å². The van der Waals surface area contributed by atoms with Crippen molar-refractivity contribution in [3.05, 3.63) is 31.9 Å². The highest BCUT2D eigenvalue weighted by Crippen LogP contribution is 2.36. The molecular formula is C23H30N4O3S2. The molecule has 32 heavy (non-hydrogen) atoms. The Bertz CT molecular complexity index is 1020. The summed E-state index contributed by atoms with van der Waals surface area (Å²) >= 11 is 6.73. The maximum Gasteiger partial charge on any atom is 0.270 e. The van der Waals surface area contributed by atoms with Crippen molar-refractivity contribution in [3.8, 4) is 6.07 Å². The summed E-state index contributed by atoms with van der Waals surface area (Å²) in [6, 6.07) is 2.10. The van der Waals surface area contributed by atoms with Crippen LogP contribution in [-0.4, -0.2) is 53.0 Å². The summed E-state index contributed by atoms with van der Waals surface area (Å²) in [6.07, 6.45) is 6.59. The lowest BCUT2D eigenvalue weighted by atomic mass is 10.0. The second-order valence-electron chi connectivity index (χ2n) is 8.03. The lowest BCUT2D eigenvalue weighted by molar-refractivity contribution is -0.122. The first kappa shape index (κ1) is 24.5. The number of hydrogen-bond acceptors (Lipinski definition) is 7. The van der Waals surface area contributed by atoms with Crippen molar-refractivity contribution in [2.24, 2.45) is 0 Å². The molecule has 0 aliphatic carbocycles. The topological polar surface area (TPSA) is 78.6 Å². The molecule has 0 atom stereocenters. The van der Waals surface area contributed by atoms with E-state index in [0.717, 1.165) is 43.7 Å².